The monoisotopic (exact) mass is 612 g/mol. The number of carbonyl (C=O) groups excluding carboxylic acids is 2. The molecule has 0 saturated carbocycles. The number of rotatable bonds is 5. The normalized spacial score (nSPS) is 13.6. The number of ether oxygens (including phenoxy) is 2. The number of carbonyl (C=O) groups is 2. The summed E-state index contributed by atoms with van der Waals surface area (Å²) in [6.45, 7) is 3.59. The van der Waals surface area contributed by atoms with E-state index in [9.17, 15) is 9.59 Å². The van der Waals surface area contributed by atoms with Gasteiger partial charge in [-0.3, -0.25) is 8.63 Å². The molecule has 46 heavy (non-hydrogen) atoms. The van der Waals surface area contributed by atoms with Gasteiger partial charge >= 0.3 is 19.3 Å². The van der Waals surface area contributed by atoms with Gasteiger partial charge in [0.2, 0.25) is 0 Å². The van der Waals surface area contributed by atoms with Crippen molar-refractivity contribution < 1.29 is 27.7 Å². The molecule has 0 unspecified atom stereocenters. The lowest BCUT2D eigenvalue weighted by Crippen LogP contribution is -2.24. The third-order valence-corrected chi connectivity index (χ3v) is 8.77. The molecule has 0 atom stereocenters. The van der Waals surface area contributed by atoms with E-state index in [0.717, 1.165) is 10.0 Å². The zero-order valence-corrected chi connectivity index (χ0v) is 25.5. The molecule has 7 rings (SSSR count). The summed E-state index contributed by atoms with van der Waals surface area (Å²) in [6, 6.07) is 27.3. The standard InChI is InChI=1S/C37H27BF2N2O4/c1-20-27-30(36(43)45-3)23-16-10-6-12-18-25(23)33(27)41-32(20)29(22-14-8-5-9-15-22)34-21(2)28-31(37(44)46-4)24-17-11-7-13-19-26(24)35(28)42(34)38(39)40/h5-19H,1-4H3/b32-29-. The number of allylic oxidation sites excluding steroid dienone is 1. The molecule has 0 bridgehead atoms. The van der Waals surface area contributed by atoms with Crippen molar-refractivity contribution >= 4 is 41.4 Å². The molecule has 1 aromatic heterocycles. The van der Waals surface area contributed by atoms with Crippen LogP contribution in [0.3, 0.4) is 0 Å². The van der Waals surface area contributed by atoms with E-state index in [2.05, 4.69) is 0 Å². The largest absolute Gasteiger partial charge is 0.678 e. The van der Waals surface area contributed by atoms with E-state index < -0.39 is 19.3 Å². The molecule has 0 N–H and O–H groups in total. The number of methoxy groups -OCH3 is 2. The van der Waals surface area contributed by atoms with E-state index in [4.69, 9.17) is 14.5 Å². The van der Waals surface area contributed by atoms with Crippen molar-refractivity contribution in [2.75, 3.05) is 14.2 Å². The lowest BCUT2D eigenvalue weighted by atomic mass is 9.93. The van der Waals surface area contributed by atoms with E-state index in [1.807, 2.05) is 67.6 Å². The Morgan fingerprint density at radius 3 is 1.83 bits per heavy atom. The number of aromatic nitrogens is 1. The second-order valence-electron chi connectivity index (χ2n) is 11.1. The SMILES string of the molecule is COC(=O)c1c2cccccc-2c2c1=C(C)/C(=C(\c1ccccc1)c1c(C)c3c(C(=O)OC)c4cccccc-4c3n1B(F)F)N=2. The number of esters is 2. The Hall–Kier alpha value is -5.57. The molecular formula is C37H27BF2N2O4. The second-order valence-corrected chi connectivity index (χ2v) is 11.1. The highest BCUT2D eigenvalue weighted by Gasteiger charge is 2.37. The van der Waals surface area contributed by atoms with Gasteiger partial charge in [-0.05, 0) is 41.7 Å². The van der Waals surface area contributed by atoms with Crippen molar-refractivity contribution in [2.24, 2.45) is 4.99 Å². The average Bonchev–Trinajstić information content (AvgIpc) is 3.59. The van der Waals surface area contributed by atoms with Gasteiger partial charge in [0.25, 0.3) is 0 Å². The molecule has 5 aliphatic rings. The van der Waals surface area contributed by atoms with E-state index in [-0.39, 0.29) is 16.8 Å². The second kappa shape index (κ2) is 11.1. The number of aryl methyl sites for hydroxylation is 1. The molecule has 226 valence electrons. The molecule has 0 fully saturated rings. The molecule has 0 radical (unpaired) electrons. The summed E-state index contributed by atoms with van der Waals surface area (Å²) in [6.07, 6.45) is 0. The Kier molecular flexibility index (Phi) is 7.04. The van der Waals surface area contributed by atoms with Gasteiger partial charge in [0, 0.05) is 38.5 Å². The highest BCUT2D eigenvalue weighted by molar-refractivity contribution is 6.44. The number of benzene rings is 1. The van der Waals surface area contributed by atoms with E-state index in [1.54, 1.807) is 37.3 Å². The van der Waals surface area contributed by atoms with Crippen molar-refractivity contribution in [1.29, 1.82) is 0 Å². The van der Waals surface area contributed by atoms with Crippen LogP contribution in [0.4, 0.5) is 8.63 Å². The van der Waals surface area contributed by atoms with Crippen molar-refractivity contribution in [3.05, 3.63) is 135 Å². The minimum absolute atomic E-state index is 0.225. The summed E-state index contributed by atoms with van der Waals surface area (Å²) in [5.41, 5.74) is 6.22. The van der Waals surface area contributed by atoms with E-state index >= 15 is 8.63 Å². The minimum atomic E-state index is -2.97. The molecule has 0 amide bonds. The number of nitrogens with zero attached hydrogens (tertiary/aromatic N) is 2. The van der Waals surface area contributed by atoms with Crippen LogP contribution in [0.5, 0.6) is 0 Å². The number of hydrogen-bond donors (Lipinski definition) is 0. The summed E-state index contributed by atoms with van der Waals surface area (Å²) in [7, 11) is -0.354. The number of halogens is 2. The molecular weight excluding hydrogens is 585 g/mol. The first-order valence-electron chi connectivity index (χ1n) is 14.7. The average molecular weight is 612 g/mol. The predicted octanol–water partition coefficient (Wildman–Crippen LogP) is 6.77. The van der Waals surface area contributed by atoms with Crippen LogP contribution >= 0.6 is 0 Å². The fourth-order valence-corrected chi connectivity index (χ4v) is 6.91. The molecule has 9 heteroatoms. The Balaban J connectivity index is 1.70. The van der Waals surface area contributed by atoms with Gasteiger partial charge in [-0.2, -0.15) is 0 Å². The van der Waals surface area contributed by atoms with Gasteiger partial charge < -0.3 is 14.0 Å². The Labute approximate surface area is 263 Å². The van der Waals surface area contributed by atoms with Crippen molar-refractivity contribution in [1.82, 2.24) is 4.48 Å². The Bertz CT molecular complexity index is 2330. The smallest absolute Gasteiger partial charge is 0.465 e. The fourth-order valence-electron chi connectivity index (χ4n) is 6.91. The van der Waals surface area contributed by atoms with Crippen LogP contribution < -0.4 is 10.6 Å². The Morgan fingerprint density at radius 2 is 1.24 bits per heavy atom. The zero-order chi connectivity index (χ0) is 32.3. The van der Waals surface area contributed by atoms with Crippen LogP contribution in [0.1, 0.15) is 44.5 Å². The first-order valence-corrected chi connectivity index (χ1v) is 14.7. The fraction of sp³-hybridized carbons (Fsp3) is 0.108. The third kappa shape index (κ3) is 4.11. The quantitative estimate of drug-likeness (QED) is 0.159. The van der Waals surface area contributed by atoms with Crippen molar-refractivity contribution in [3.8, 4) is 22.3 Å². The van der Waals surface area contributed by atoms with E-state index in [1.165, 1.54) is 14.2 Å². The van der Waals surface area contributed by atoms with Crippen LogP contribution in [0, 0.1) is 6.92 Å². The first kappa shape index (κ1) is 29.2. The maximum atomic E-state index is 15.5. The molecule has 0 saturated heterocycles. The van der Waals surface area contributed by atoms with Gasteiger partial charge in [-0.15, -0.1) is 0 Å². The lowest BCUT2D eigenvalue weighted by Gasteiger charge is -2.17. The van der Waals surface area contributed by atoms with Crippen LogP contribution in [-0.2, 0) is 9.47 Å². The molecule has 4 aliphatic carbocycles. The van der Waals surface area contributed by atoms with Gasteiger partial charge in [0.15, 0.2) is 0 Å². The first-order chi connectivity index (χ1) is 22.3. The van der Waals surface area contributed by atoms with Crippen molar-refractivity contribution in [2.45, 2.75) is 13.8 Å². The molecule has 1 aliphatic heterocycles. The van der Waals surface area contributed by atoms with Crippen LogP contribution in [-0.4, -0.2) is 38.0 Å². The molecule has 1 aromatic carbocycles. The topological polar surface area (TPSA) is 69.9 Å². The highest BCUT2D eigenvalue weighted by atomic mass is 19.2. The van der Waals surface area contributed by atoms with Gasteiger partial charge in [-0.25, -0.2) is 14.6 Å². The lowest BCUT2D eigenvalue weighted by molar-refractivity contribution is 0.0593. The maximum Gasteiger partial charge on any atom is 0.678 e. The van der Waals surface area contributed by atoms with E-state index in [0.29, 0.717) is 66.2 Å². The summed E-state index contributed by atoms with van der Waals surface area (Å²) in [5, 5.41) is 1.58. The predicted molar refractivity (Wildman–Crippen MR) is 175 cm³/mol. The molecule has 2 heterocycles. The van der Waals surface area contributed by atoms with Crippen LogP contribution in [0.15, 0.2) is 102 Å². The maximum absolute atomic E-state index is 15.5. The zero-order valence-electron chi connectivity index (χ0n) is 25.5. The minimum Gasteiger partial charge on any atom is -0.465 e. The Morgan fingerprint density at radius 1 is 0.717 bits per heavy atom. The van der Waals surface area contributed by atoms with Gasteiger partial charge in [-0.1, -0.05) is 91.0 Å². The van der Waals surface area contributed by atoms with Gasteiger partial charge in [0.1, 0.15) is 0 Å². The summed E-state index contributed by atoms with van der Waals surface area (Å²) in [5.74, 6) is -1.13. The molecule has 0 spiro atoms. The van der Waals surface area contributed by atoms with Crippen LogP contribution in [0.2, 0.25) is 0 Å². The molecule has 6 nitrogen and oxygen atoms in total. The summed E-state index contributed by atoms with van der Waals surface area (Å²) in [4.78, 5) is 31.6. The summed E-state index contributed by atoms with van der Waals surface area (Å²) < 4.78 is 42.5. The number of hydrogen-bond acceptors (Lipinski definition) is 5. The highest BCUT2D eigenvalue weighted by Crippen LogP contribution is 2.47. The van der Waals surface area contributed by atoms with Gasteiger partial charge in [0.05, 0.1) is 36.4 Å². The number of fused-ring (bicyclic) bond motifs is 6. The van der Waals surface area contributed by atoms with Crippen molar-refractivity contribution in [3.63, 3.8) is 0 Å². The van der Waals surface area contributed by atoms with Crippen LogP contribution in [0.25, 0.3) is 44.3 Å². The third-order valence-electron chi connectivity index (χ3n) is 8.77. The molecule has 2 aromatic rings. The summed E-state index contributed by atoms with van der Waals surface area (Å²) >= 11 is 0.